The molecule has 1 aromatic carbocycles. The number of anilines is 1. The van der Waals surface area contributed by atoms with Crippen LogP contribution in [0.25, 0.3) is 10.2 Å². The van der Waals surface area contributed by atoms with Crippen molar-refractivity contribution in [1.82, 2.24) is 4.98 Å². The lowest BCUT2D eigenvalue weighted by Crippen LogP contribution is -2.30. The molecule has 0 spiro atoms. The quantitative estimate of drug-likeness (QED) is 0.428. The fourth-order valence-corrected chi connectivity index (χ4v) is 5.37. The normalized spacial score (nSPS) is 16.9. The van der Waals surface area contributed by atoms with E-state index in [1.165, 1.54) is 39.9 Å². The zero-order valence-corrected chi connectivity index (χ0v) is 16.9. The Bertz CT molecular complexity index is 1280. The maximum absolute atomic E-state index is 13.0. The van der Waals surface area contributed by atoms with E-state index < -0.39 is 23.5 Å². The number of fused-ring (bicyclic) bond motifs is 1. The summed E-state index contributed by atoms with van der Waals surface area (Å²) < 4.78 is 6.01. The highest BCUT2D eigenvalue weighted by atomic mass is 35.5. The Morgan fingerprint density at radius 3 is 2.83 bits per heavy atom. The van der Waals surface area contributed by atoms with Crippen LogP contribution >= 0.6 is 34.3 Å². The zero-order valence-electron chi connectivity index (χ0n) is 14.5. The number of aliphatic hydroxyl groups excluding tert-OH is 1. The SMILES string of the molecule is O=C(C1=C(O)C(=O)N(c2nc3ccc(Cl)cc3s2)C1c1cccs1)c1ccco1. The van der Waals surface area contributed by atoms with Gasteiger partial charge in [-0.25, -0.2) is 4.98 Å². The van der Waals surface area contributed by atoms with Gasteiger partial charge in [0, 0.05) is 9.90 Å². The van der Waals surface area contributed by atoms with Crippen molar-refractivity contribution >= 4 is 61.3 Å². The average Bonchev–Trinajstić information content (AvgIpc) is 3.49. The first-order valence-electron chi connectivity index (χ1n) is 8.49. The number of nitrogens with zero attached hydrogens (tertiary/aromatic N) is 2. The van der Waals surface area contributed by atoms with Crippen molar-refractivity contribution in [2.24, 2.45) is 0 Å². The summed E-state index contributed by atoms with van der Waals surface area (Å²) >= 11 is 8.72. The summed E-state index contributed by atoms with van der Waals surface area (Å²) in [5.74, 6) is -1.75. The predicted octanol–water partition coefficient (Wildman–Crippen LogP) is 5.39. The molecular weight excluding hydrogens is 432 g/mol. The van der Waals surface area contributed by atoms with Gasteiger partial charge in [-0.2, -0.15) is 0 Å². The third kappa shape index (κ3) is 2.88. The van der Waals surface area contributed by atoms with Crippen LogP contribution in [-0.2, 0) is 4.79 Å². The van der Waals surface area contributed by atoms with Crippen molar-refractivity contribution in [2.45, 2.75) is 6.04 Å². The number of thiophene rings is 1. The lowest BCUT2D eigenvalue weighted by molar-refractivity contribution is -0.117. The molecule has 29 heavy (non-hydrogen) atoms. The molecule has 5 rings (SSSR count). The third-order valence-corrected chi connectivity index (χ3v) is 6.73. The van der Waals surface area contributed by atoms with Gasteiger partial charge in [-0.3, -0.25) is 14.5 Å². The van der Waals surface area contributed by atoms with Crippen molar-refractivity contribution in [3.63, 3.8) is 0 Å². The van der Waals surface area contributed by atoms with Gasteiger partial charge in [0.1, 0.15) is 6.04 Å². The first-order valence-corrected chi connectivity index (χ1v) is 10.6. The summed E-state index contributed by atoms with van der Waals surface area (Å²) in [4.78, 5) is 32.7. The minimum Gasteiger partial charge on any atom is -0.503 e. The van der Waals surface area contributed by atoms with Gasteiger partial charge in [0.15, 0.2) is 16.7 Å². The van der Waals surface area contributed by atoms with Crippen LogP contribution in [0, 0.1) is 0 Å². The maximum atomic E-state index is 13.0. The smallest absolute Gasteiger partial charge is 0.296 e. The highest BCUT2D eigenvalue weighted by molar-refractivity contribution is 7.22. The number of thiazole rings is 1. The van der Waals surface area contributed by atoms with Crippen LogP contribution < -0.4 is 4.90 Å². The van der Waals surface area contributed by atoms with E-state index in [2.05, 4.69) is 4.98 Å². The van der Waals surface area contributed by atoms with Gasteiger partial charge >= 0.3 is 0 Å². The van der Waals surface area contributed by atoms with Crippen LogP contribution in [0.5, 0.6) is 0 Å². The van der Waals surface area contributed by atoms with Crippen LogP contribution in [-0.4, -0.2) is 21.8 Å². The standard InChI is InChI=1S/C20H11ClN2O4S2/c21-10-5-6-11-14(9-10)29-20(22-11)23-16(13-4-2-8-28-13)15(18(25)19(23)26)17(24)12-3-1-7-27-12/h1-9,16,25H. The number of aliphatic hydroxyl groups is 1. The summed E-state index contributed by atoms with van der Waals surface area (Å²) in [7, 11) is 0. The number of rotatable bonds is 4. The van der Waals surface area contributed by atoms with Gasteiger partial charge in [-0.1, -0.05) is 29.0 Å². The number of benzene rings is 1. The molecule has 4 heterocycles. The number of hydrogen-bond donors (Lipinski definition) is 1. The number of halogens is 1. The second kappa shape index (κ2) is 6.84. The van der Waals surface area contributed by atoms with Crippen molar-refractivity contribution in [3.05, 3.63) is 81.1 Å². The molecule has 1 N–H and O–H groups in total. The molecule has 4 aromatic rings. The summed E-state index contributed by atoms with van der Waals surface area (Å²) in [5, 5.41) is 13.4. The van der Waals surface area contributed by atoms with Crippen LogP contribution in [0.4, 0.5) is 5.13 Å². The molecule has 0 radical (unpaired) electrons. The van der Waals surface area contributed by atoms with Crippen molar-refractivity contribution in [2.75, 3.05) is 4.90 Å². The number of hydrogen-bond acceptors (Lipinski definition) is 7. The first kappa shape index (κ1) is 18.1. The summed E-state index contributed by atoms with van der Waals surface area (Å²) in [6, 6.07) is 11.2. The lowest BCUT2D eigenvalue weighted by Gasteiger charge is -2.22. The molecule has 9 heteroatoms. The number of furan rings is 1. The van der Waals surface area contributed by atoms with E-state index in [0.717, 1.165) is 9.58 Å². The van der Waals surface area contributed by atoms with Gasteiger partial charge in [-0.15, -0.1) is 11.3 Å². The molecular formula is C20H11ClN2O4S2. The number of amides is 1. The molecule has 1 atom stereocenters. The summed E-state index contributed by atoms with van der Waals surface area (Å²) in [6.07, 6.45) is 1.37. The van der Waals surface area contributed by atoms with Gasteiger partial charge < -0.3 is 9.52 Å². The molecule has 0 aliphatic carbocycles. The Morgan fingerprint density at radius 2 is 2.10 bits per heavy atom. The Morgan fingerprint density at radius 1 is 1.24 bits per heavy atom. The van der Waals surface area contributed by atoms with Crippen LogP contribution in [0.1, 0.15) is 21.5 Å². The summed E-state index contributed by atoms with van der Waals surface area (Å²) in [5.41, 5.74) is 0.655. The Balaban J connectivity index is 1.67. The molecule has 6 nitrogen and oxygen atoms in total. The second-order valence-corrected chi connectivity index (χ2v) is 8.70. The fraction of sp³-hybridized carbons (Fsp3) is 0.0500. The number of aromatic nitrogens is 1. The Hall–Kier alpha value is -2.94. The summed E-state index contributed by atoms with van der Waals surface area (Å²) in [6.45, 7) is 0. The molecule has 0 fully saturated rings. The number of ketones is 1. The monoisotopic (exact) mass is 442 g/mol. The van der Waals surface area contributed by atoms with E-state index in [4.69, 9.17) is 16.0 Å². The van der Waals surface area contributed by atoms with E-state index in [9.17, 15) is 14.7 Å². The molecule has 144 valence electrons. The Labute approximate surface area is 177 Å². The first-order chi connectivity index (χ1) is 14.0. The lowest BCUT2D eigenvalue weighted by atomic mass is 10.0. The van der Waals surface area contributed by atoms with Crippen LogP contribution in [0.15, 0.2) is 69.9 Å². The van der Waals surface area contributed by atoms with Gasteiger partial charge in [-0.05, 0) is 41.8 Å². The van der Waals surface area contributed by atoms with E-state index in [1.54, 1.807) is 24.3 Å². The van der Waals surface area contributed by atoms with Crippen molar-refractivity contribution < 1.29 is 19.1 Å². The second-order valence-electron chi connectivity index (χ2n) is 6.27. The maximum Gasteiger partial charge on any atom is 0.296 e. The van der Waals surface area contributed by atoms with Gasteiger partial charge in [0.25, 0.3) is 5.91 Å². The largest absolute Gasteiger partial charge is 0.503 e. The third-order valence-electron chi connectivity index (χ3n) is 4.56. The minimum absolute atomic E-state index is 0.0234. The van der Waals surface area contributed by atoms with Crippen molar-refractivity contribution in [3.8, 4) is 0 Å². The molecule has 1 amide bonds. The molecule has 1 aliphatic heterocycles. The molecule has 0 bridgehead atoms. The fourth-order valence-electron chi connectivity index (χ4n) is 3.28. The molecule has 0 saturated heterocycles. The number of Topliss-reactive ketones (excluding diaryl/α,β-unsaturated/α-hetero) is 1. The minimum atomic E-state index is -0.795. The van der Waals surface area contributed by atoms with E-state index in [1.807, 2.05) is 17.5 Å². The van der Waals surface area contributed by atoms with Crippen LogP contribution in [0.3, 0.4) is 0 Å². The molecule has 3 aromatic heterocycles. The molecule has 1 unspecified atom stereocenters. The average molecular weight is 443 g/mol. The topological polar surface area (TPSA) is 83.6 Å². The van der Waals surface area contributed by atoms with Gasteiger partial charge in [0.05, 0.1) is 22.1 Å². The van der Waals surface area contributed by atoms with Crippen LogP contribution in [0.2, 0.25) is 5.02 Å². The van der Waals surface area contributed by atoms with Crippen molar-refractivity contribution in [1.29, 1.82) is 0 Å². The van der Waals surface area contributed by atoms with E-state index in [0.29, 0.717) is 15.7 Å². The van der Waals surface area contributed by atoms with E-state index >= 15 is 0 Å². The highest BCUT2D eigenvalue weighted by Gasteiger charge is 2.46. The van der Waals surface area contributed by atoms with E-state index in [-0.39, 0.29) is 11.3 Å². The zero-order chi connectivity index (χ0) is 20.1. The van der Waals surface area contributed by atoms with Gasteiger partial charge in [0.2, 0.25) is 5.78 Å². The highest BCUT2D eigenvalue weighted by Crippen LogP contribution is 2.45. The number of carbonyl (C=O) groups excluding carboxylic acids is 2. The Kier molecular flexibility index (Phi) is 4.27. The molecule has 0 saturated carbocycles. The predicted molar refractivity (Wildman–Crippen MR) is 112 cm³/mol. The molecule has 1 aliphatic rings. The number of carbonyl (C=O) groups is 2.